The molecule has 2 fully saturated rings. The van der Waals surface area contributed by atoms with E-state index in [9.17, 15) is 4.79 Å². The van der Waals surface area contributed by atoms with Gasteiger partial charge in [0.1, 0.15) is 0 Å². The highest BCUT2D eigenvalue weighted by molar-refractivity contribution is 5.98. The third kappa shape index (κ3) is 3.03. The van der Waals surface area contributed by atoms with Crippen LogP contribution in [0, 0.1) is 11.3 Å². The van der Waals surface area contributed by atoms with Crippen LogP contribution in [0.25, 0.3) is 0 Å². The van der Waals surface area contributed by atoms with Crippen LogP contribution in [-0.4, -0.2) is 30.4 Å². The van der Waals surface area contributed by atoms with Gasteiger partial charge in [-0.1, -0.05) is 37.5 Å². The van der Waals surface area contributed by atoms with Gasteiger partial charge >= 0.3 is 0 Å². The van der Waals surface area contributed by atoms with Crippen molar-refractivity contribution in [3.05, 3.63) is 29.8 Å². The summed E-state index contributed by atoms with van der Waals surface area (Å²) in [6.07, 6.45) is 10.0. The van der Waals surface area contributed by atoms with E-state index < -0.39 is 0 Å². The molecule has 0 bridgehead atoms. The predicted molar refractivity (Wildman–Crippen MR) is 93.5 cm³/mol. The van der Waals surface area contributed by atoms with Crippen LogP contribution in [0.4, 0.5) is 5.69 Å². The van der Waals surface area contributed by atoms with Gasteiger partial charge in [-0.2, -0.15) is 0 Å². The Bertz CT molecular complexity index is 569. The Labute approximate surface area is 139 Å². The Balaban J connectivity index is 1.39. The highest BCUT2D eigenvalue weighted by atomic mass is 16.2. The molecule has 4 rings (SSSR count). The van der Waals surface area contributed by atoms with E-state index in [0.29, 0.717) is 0 Å². The number of likely N-dealkylation sites (tertiary alicyclic amines) is 1. The number of piperidine rings is 1. The molecule has 3 aliphatic rings. The maximum Gasteiger partial charge on any atom is 0.231 e. The molecule has 23 heavy (non-hydrogen) atoms. The molecule has 2 heterocycles. The Kier molecular flexibility index (Phi) is 4.14. The summed E-state index contributed by atoms with van der Waals surface area (Å²) in [4.78, 5) is 15.3. The second-order valence-corrected chi connectivity index (χ2v) is 7.87. The molecule has 1 aromatic carbocycles. The van der Waals surface area contributed by atoms with E-state index in [-0.39, 0.29) is 11.3 Å². The maximum absolute atomic E-state index is 12.7. The van der Waals surface area contributed by atoms with Crippen molar-refractivity contribution < 1.29 is 4.79 Å². The van der Waals surface area contributed by atoms with Gasteiger partial charge in [0, 0.05) is 12.2 Å². The fourth-order valence-electron chi connectivity index (χ4n) is 4.80. The molecule has 1 aromatic rings. The summed E-state index contributed by atoms with van der Waals surface area (Å²) in [5.74, 6) is 1.16. The van der Waals surface area contributed by atoms with Crippen LogP contribution in [0.2, 0.25) is 0 Å². The van der Waals surface area contributed by atoms with Gasteiger partial charge in [-0.25, -0.2) is 0 Å². The van der Waals surface area contributed by atoms with Crippen molar-refractivity contribution >= 4 is 11.6 Å². The number of anilines is 1. The number of carbonyl (C=O) groups excluding carboxylic acids is 1. The second kappa shape index (κ2) is 6.27. The second-order valence-electron chi connectivity index (χ2n) is 7.87. The first-order valence-electron chi connectivity index (χ1n) is 9.37. The van der Waals surface area contributed by atoms with Gasteiger partial charge in [0.25, 0.3) is 0 Å². The summed E-state index contributed by atoms with van der Waals surface area (Å²) in [6, 6.07) is 8.29. The third-order valence-corrected chi connectivity index (χ3v) is 6.33. The lowest BCUT2D eigenvalue weighted by Crippen LogP contribution is -2.50. The summed E-state index contributed by atoms with van der Waals surface area (Å²) in [7, 11) is 0. The van der Waals surface area contributed by atoms with E-state index in [1.807, 2.05) is 12.1 Å². The first kappa shape index (κ1) is 15.2. The molecular formula is C20H28N2O. The van der Waals surface area contributed by atoms with Crippen molar-refractivity contribution in [1.82, 2.24) is 4.90 Å². The highest BCUT2D eigenvalue weighted by Crippen LogP contribution is 2.41. The molecule has 3 heteroatoms. The van der Waals surface area contributed by atoms with Crippen molar-refractivity contribution in [2.75, 3.05) is 25.0 Å². The lowest BCUT2D eigenvalue weighted by molar-refractivity contribution is -0.129. The number of carbonyl (C=O) groups is 1. The SMILES string of the molecule is O=C1Nc2ccccc2CC12CCN(CC1CCCCC1)CC2. The summed E-state index contributed by atoms with van der Waals surface area (Å²) < 4.78 is 0. The molecule has 1 saturated carbocycles. The van der Waals surface area contributed by atoms with Gasteiger partial charge in [0.05, 0.1) is 5.41 Å². The van der Waals surface area contributed by atoms with Gasteiger partial charge in [-0.05, 0) is 62.7 Å². The summed E-state index contributed by atoms with van der Waals surface area (Å²) >= 11 is 0. The fraction of sp³-hybridized carbons (Fsp3) is 0.650. The Morgan fingerprint density at radius 3 is 2.61 bits per heavy atom. The van der Waals surface area contributed by atoms with Crippen LogP contribution in [-0.2, 0) is 11.2 Å². The number of nitrogens with one attached hydrogen (secondary N) is 1. The molecule has 0 unspecified atom stereocenters. The third-order valence-electron chi connectivity index (χ3n) is 6.33. The predicted octanol–water partition coefficient (Wildman–Crippen LogP) is 3.84. The Morgan fingerprint density at radius 2 is 1.83 bits per heavy atom. The smallest absolute Gasteiger partial charge is 0.231 e. The first-order chi connectivity index (χ1) is 11.3. The zero-order chi connectivity index (χ0) is 15.7. The topological polar surface area (TPSA) is 32.3 Å². The van der Waals surface area contributed by atoms with Crippen LogP contribution in [0.5, 0.6) is 0 Å². The van der Waals surface area contributed by atoms with E-state index in [4.69, 9.17) is 0 Å². The molecule has 0 atom stereocenters. The standard InChI is InChI=1S/C20H28N2O/c23-19-20(14-17-8-4-5-9-18(17)21-19)10-12-22(13-11-20)15-16-6-2-1-3-7-16/h4-5,8-9,16H,1-3,6-7,10-15H2,(H,21,23). The molecule has 3 nitrogen and oxygen atoms in total. The number of nitrogens with zero attached hydrogens (tertiary/aromatic N) is 1. The Hall–Kier alpha value is -1.35. The normalized spacial score (nSPS) is 25.1. The molecule has 2 aliphatic heterocycles. The number of hydrogen-bond donors (Lipinski definition) is 1. The van der Waals surface area contributed by atoms with Crippen LogP contribution < -0.4 is 5.32 Å². The molecule has 1 saturated heterocycles. The molecule has 1 N–H and O–H groups in total. The zero-order valence-electron chi connectivity index (χ0n) is 14.0. The van der Waals surface area contributed by atoms with Crippen molar-refractivity contribution in [3.63, 3.8) is 0 Å². The number of fused-ring (bicyclic) bond motifs is 1. The van der Waals surface area contributed by atoms with Crippen molar-refractivity contribution in [2.24, 2.45) is 11.3 Å². The van der Waals surface area contributed by atoms with E-state index in [2.05, 4.69) is 22.3 Å². The maximum atomic E-state index is 12.7. The summed E-state index contributed by atoms with van der Waals surface area (Å²) in [5, 5.41) is 3.16. The number of hydrogen-bond acceptors (Lipinski definition) is 2. The zero-order valence-corrected chi connectivity index (χ0v) is 14.0. The summed E-state index contributed by atoms with van der Waals surface area (Å²) in [6.45, 7) is 3.44. The molecule has 124 valence electrons. The van der Waals surface area contributed by atoms with Crippen LogP contribution in [0.3, 0.4) is 0 Å². The number of para-hydroxylation sites is 1. The lowest BCUT2D eigenvalue weighted by atomic mass is 9.70. The quantitative estimate of drug-likeness (QED) is 0.900. The van der Waals surface area contributed by atoms with E-state index in [0.717, 1.165) is 44.0 Å². The van der Waals surface area contributed by atoms with Gasteiger partial charge in [-0.15, -0.1) is 0 Å². The van der Waals surface area contributed by atoms with Crippen LogP contribution >= 0.6 is 0 Å². The fourth-order valence-corrected chi connectivity index (χ4v) is 4.80. The number of benzene rings is 1. The van der Waals surface area contributed by atoms with Crippen LogP contribution in [0.15, 0.2) is 24.3 Å². The number of amides is 1. The molecule has 0 radical (unpaired) electrons. The molecular weight excluding hydrogens is 284 g/mol. The molecule has 0 aromatic heterocycles. The highest BCUT2D eigenvalue weighted by Gasteiger charge is 2.44. The Morgan fingerprint density at radius 1 is 1.09 bits per heavy atom. The van der Waals surface area contributed by atoms with Gasteiger partial charge in [0.2, 0.25) is 5.91 Å². The van der Waals surface area contributed by atoms with Crippen molar-refractivity contribution in [3.8, 4) is 0 Å². The average molecular weight is 312 g/mol. The minimum Gasteiger partial charge on any atom is -0.325 e. The van der Waals surface area contributed by atoms with Crippen molar-refractivity contribution in [2.45, 2.75) is 51.4 Å². The number of rotatable bonds is 2. The average Bonchev–Trinajstić information content (AvgIpc) is 2.59. The van der Waals surface area contributed by atoms with Crippen LogP contribution in [0.1, 0.15) is 50.5 Å². The van der Waals surface area contributed by atoms with E-state index in [1.165, 1.54) is 44.2 Å². The van der Waals surface area contributed by atoms with E-state index in [1.54, 1.807) is 0 Å². The largest absolute Gasteiger partial charge is 0.325 e. The molecule has 1 amide bonds. The van der Waals surface area contributed by atoms with Gasteiger partial charge in [-0.3, -0.25) is 4.79 Å². The first-order valence-corrected chi connectivity index (χ1v) is 9.37. The van der Waals surface area contributed by atoms with Gasteiger partial charge in [0.15, 0.2) is 0 Å². The molecule has 1 spiro atoms. The monoisotopic (exact) mass is 312 g/mol. The minimum atomic E-state index is -0.155. The molecule has 1 aliphatic carbocycles. The lowest BCUT2D eigenvalue weighted by Gasteiger charge is -2.44. The van der Waals surface area contributed by atoms with Gasteiger partial charge < -0.3 is 10.2 Å². The van der Waals surface area contributed by atoms with E-state index >= 15 is 0 Å². The van der Waals surface area contributed by atoms with Crippen molar-refractivity contribution in [1.29, 1.82) is 0 Å². The summed E-state index contributed by atoms with van der Waals surface area (Å²) in [5.41, 5.74) is 2.18. The minimum absolute atomic E-state index is 0.155.